The number of ether oxygens (including phenoxy) is 1. The molecule has 0 spiro atoms. The molecule has 25 heavy (non-hydrogen) atoms. The maximum Gasteiger partial charge on any atom is 0.226 e. The van der Waals surface area contributed by atoms with Gasteiger partial charge in [0, 0.05) is 11.9 Å². The third-order valence-electron chi connectivity index (χ3n) is 3.17. The number of nitrogens with one attached hydrogen (secondary N) is 1. The maximum atomic E-state index is 13.8. The molecule has 0 aliphatic heterocycles. The van der Waals surface area contributed by atoms with Crippen molar-refractivity contribution in [1.82, 2.24) is 0 Å². The van der Waals surface area contributed by atoms with Gasteiger partial charge in [-0.15, -0.1) is 0 Å². The van der Waals surface area contributed by atoms with Gasteiger partial charge in [-0.2, -0.15) is 0 Å². The van der Waals surface area contributed by atoms with E-state index in [0.717, 1.165) is 12.1 Å². The average Bonchev–Trinajstić information content (AvgIpc) is 2.59. The monoisotopic (exact) mass is 366 g/mol. The predicted molar refractivity (Wildman–Crippen MR) is 92.3 cm³/mol. The second kappa shape index (κ2) is 8.39. The number of hydrogen-bond donors (Lipinski definition) is 2. The SMILES string of the molecule is CO/C(=N\C(C)=C\Nc1ccc([SH](=O)=O)cc1)c1c(F)cccc1F. The van der Waals surface area contributed by atoms with Gasteiger partial charge in [-0.25, -0.2) is 22.2 Å². The molecule has 0 aliphatic carbocycles. The number of allylic oxidation sites excluding steroid dienone is 1. The molecule has 8 heteroatoms. The fraction of sp³-hybridized carbons (Fsp3) is 0.118. The normalized spacial score (nSPS) is 12.4. The van der Waals surface area contributed by atoms with E-state index in [1.165, 1.54) is 31.5 Å². The van der Waals surface area contributed by atoms with Crippen molar-refractivity contribution in [3.05, 3.63) is 71.6 Å². The zero-order valence-electron chi connectivity index (χ0n) is 13.5. The highest BCUT2D eigenvalue weighted by Crippen LogP contribution is 2.16. The first-order valence-corrected chi connectivity index (χ1v) is 8.35. The van der Waals surface area contributed by atoms with E-state index in [1.54, 1.807) is 19.1 Å². The molecule has 0 bridgehead atoms. The Bertz CT molecular complexity index is 863. The van der Waals surface area contributed by atoms with Gasteiger partial charge in [0.05, 0.1) is 17.7 Å². The first kappa shape index (κ1) is 18.6. The lowest BCUT2D eigenvalue weighted by Crippen LogP contribution is -2.09. The summed E-state index contributed by atoms with van der Waals surface area (Å²) in [6, 6.07) is 9.57. The number of rotatable bonds is 5. The van der Waals surface area contributed by atoms with Crippen LogP contribution in [0.5, 0.6) is 0 Å². The van der Waals surface area contributed by atoms with Crippen LogP contribution in [0.4, 0.5) is 14.5 Å². The van der Waals surface area contributed by atoms with E-state index in [-0.39, 0.29) is 16.4 Å². The summed E-state index contributed by atoms with van der Waals surface area (Å²) >= 11 is 0. The second-order valence-electron chi connectivity index (χ2n) is 4.95. The van der Waals surface area contributed by atoms with Crippen LogP contribution in [0.25, 0.3) is 0 Å². The molecule has 2 rings (SSSR count). The van der Waals surface area contributed by atoms with Crippen LogP contribution in [0, 0.1) is 11.6 Å². The van der Waals surface area contributed by atoms with Crippen LogP contribution in [-0.2, 0) is 15.4 Å². The molecule has 2 aromatic rings. The Hall–Kier alpha value is -2.74. The second-order valence-corrected chi connectivity index (χ2v) is 5.98. The van der Waals surface area contributed by atoms with Crippen LogP contribution in [0.1, 0.15) is 12.5 Å². The minimum atomic E-state index is -2.63. The van der Waals surface area contributed by atoms with Crippen molar-refractivity contribution in [2.24, 2.45) is 4.99 Å². The van der Waals surface area contributed by atoms with E-state index in [4.69, 9.17) is 4.74 Å². The lowest BCUT2D eigenvalue weighted by atomic mass is 10.2. The van der Waals surface area contributed by atoms with Crippen LogP contribution >= 0.6 is 0 Å². The smallest absolute Gasteiger partial charge is 0.226 e. The average molecular weight is 366 g/mol. The number of nitrogens with zero attached hydrogens (tertiary/aromatic N) is 1. The molecule has 0 aliphatic rings. The van der Waals surface area contributed by atoms with E-state index in [2.05, 4.69) is 10.3 Å². The van der Waals surface area contributed by atoms with E-state index < -0.39 is 22.3 Å². The predicted octanol–water partition coefficient (Wildman–Crippen LogP) is 3.30. The standard InChI is InChI=1S/C17H16F2N2O3S/c1-11(10-20-12-6-8-13(9-7-12)25(22)23)21-17(24-2)16-14(18)4-3-5-15(16)19/h3-10,20,25H,1-2H3/b11-10+,21-17-. The molecule has 5 nitrogen and oxygen atoms in total. The van der Waals surface area contributed by atoms with Crippen LogP contribution < -0.4 is 5.32 Å². The largest absolute Gasteiger partial charge is 0.480 e. The molecule has 2 aromatic carbocycles. The number of halogens is 2. The lowest BCUT2D eigenvalue weighted by molar-refractivity contribution is 0.398. The molecule has 0 aromatic heterocycles. The zero-order chi connectivity index (χ0) is 18.4. The van der Waals surface area contributed by atoms with Crippen LogP contribution in [0.2, 0.25) is 0 Å². The summed E-state index contributed by atoms with van der Waals surface area (Å²) in [4.78, 5) is 4.27. The Labute approximate surface area is 145 Å². The summed E-state index contributed by atoms with van der Waals surface area (Å²) in [5, 5.41) is 2.91. The fourth-order valence-corrected chi connectivity index (χ4v) is 2.36. The summed E-state index contributed by atoms with van der Waals surface area (Å²) in [6.07, 6.45) is 1.50. The van der Waals surface area contributed by atoms with Crippen LogP contribution in [0.15, 0.2) is 64.2 Å². The van der Waals surface area contributed by atoms with Gasteiger partial charge < -0.3 is 10.1 Å². The molecule has 0 unspecified atom stereocenters. The Kier molecular flexibility index (Phi) is 6.24. The highest BCUT2D eigenvalue weighted by atomic mass is 32.2. The third-order valence-corrected chi connectivity index (χ3v) is 3.89. The third kappa shape index (κ3) is 4.87. The molecular weight excluding hydrogens is 350 g/mol. The Balaban J connectivity index is 2.21. The molecule has 1 N–H and O–H groups in total. The molecule has 0 fully saturated rings. The van der Waals surface area contributed by atoms with Crippen molar-refractivity contribution in [1.29, 1.82) is 0 Å². The molecule has 0 radical (unpaired) electrons. The Morgan fingerprint density at radius 2 is 1.72 bits per heavy atom. The molecule has 0 heterocycles. The van der Waals surface area contributed by atoms with Crippen molar-refractivity contribution >= 4 is 22.3 Å². The van der Waals surface area contributed by atoms with Crippen LogP contribution in [-0.4, -0.2) is 21.4 Å². The first-order valence-electron chi connectivity index (χ1n) is 7.17. The van der Waals surface area contributed by atoms with Crippen molar-refractivity contribution in [2.75, 3.05) is 12.4 Å². The van der Waals surface area contributed by atoms with Gasteiger partial charge in [-0.3, -0.25) is 0 Å². The first-order chi connectivity index (χ1) is 11.9. The van der Waals surface area contributed by atoms with E-state index in [9.17, 15) is 17.2 Å². The zero-order valence-corrected chi connectivity index (χ0v) is 14.4. The summed E-state index contributed by atoms with van der Waals surface area (Å²) in [5.74, 6) is -1.74. The van der Waals surface area contributed by atoms with Gasteiger partial charge >= 0.3 is 0 Å². The molecule has 0 saturated heterocycles. The highest BCUT2D eigenvalue weighted by molar-refractivity contribution is 7.72. The summed E-state index contributed by atoms with van der Waals surface area (Å²) in [6.45, 7) is 1.62. The number of anilines is 1. The minimum Gasteiger partial charge on any atom is -0.480 e. The van der Waals surface area contributed by atoms with Gasteiger partial charge in [0.1, 0.15) is 17.2 Å². The van der Waals surface area contributed by atoms with Crippen LogP contribution in [0.3, 0.4) is 0 Å². The fourth-order valence-electron chi connectivity index (χ4n) is 1.97. The molecule has 0 saturated carbocycles. The van der Waals surface area contributed by atoms with Gasteiger partial charge in [-0.05, 0) is 43.3 Å². The Morgan fingerprint density at radius 3 is 2.24 bits per heavy atom. The molecule has 0 amide bonds. The summed E-state index contributed by atoms with van der Waals surface area (Å²) < 4.78 is 54.3. The maximum absolute atomic E-state index is 13.8. The van der Waals surface area contributed by atoms with Crippen molar-refractivity contribution < 1.29 is 21.9 Å². The summed E-state index contributed by atoms with van der Waals surface area (Å²) in [5.41, 5.74) is 0.686. The van der Waals surface area contributed by atoms with Gasteiger partial charge in [-0.1, -0.05) is 6.07 Å². The number of thiol groups is 1. The van der Waals surface area contributed by atoms with Gasteiger partial charge in [0.2, 0.25) is 5.90 Å². The van der Waals surface area contributed by atoms with E-state index >= 15 is 0 Å². The van der Waals surface area contributed by atoms with Crippen molar-refractivity contribution in [3.8, 4) is 0 Å². The lowest BCUT2D eigenvalue weighted by Gasteiger charge is -2.08. The molecule has 132 valence electrons. The number of hydrogen-bond acceptors (Lipinski definition) is 5. The topological polar surface area (TPSA) is 67.8 Å². The summed E-state index contributed by atoms with van der Waals surface area (Å²) in [7, 11) is -1.36. The quantitative estimate of drug-likeness (QED) is 0.484. The number of methoxy groups -OCH3 is 1. The molecule has 0 atom stereocenters. The minimum absolute atomic E-state index is 0.190. The van der Waals surface area contributed by atoms with Crippen molar-refractivity contribution in [2.45, 2.75) is 11.8 Å². The number of benzene rings is 2. The van der Waals surface area contributed by atoms with E-state index in [0.29, 0.717) is 11.4 Å². The van der Waals surface area contributed by atoms with Gasteiger partial charge in [0.15, 0.2) is 10.7 Å². The highest BCUT2D eigenvalue weighted by Gasteiger charge is 2.15. The number of aliphatic imine (C=N–C) groups is 1. The molecular formula is C17H16F2N2O3S. The Morgan fingerprint density at radius 1 is 1.12 bits per heavy atom. The van der Waals surface area contributed by atoms with Crippen molar-refractivity contribution in [3.63, 3.8) is 0 Å². The van der Waals surface area contributed by atoms with E-state index in [1.807, 2.05) is 0 Å². The van der Waals surface area contributed by atoms with Gasteiger partial charge in [0.25, 0.3) is 0 Å².